The van der Waals surface area contributed by atoms with Gasteiger partial charge in [0.2, 0.25) is 0 Å². The van der Waals surface area contributed by atoms with Crippen molar-refractivity contribution in [1.29, 1.82) is 0 Å². The van der Waals surface area contributed by atoms with Crippen molar-refractivity contribution in [1.82, 2.24) is 0 Å². The lowest BCUT2D eigenvalue weighted by molar-refractivity contribution is -0.113. The Hall–Kier alpha value is -3.03. The Balaban J connectivity index is 1.61. The largest absolute Gasteiger partial charge is 0.337 e. The molecule has 1 fully saturated rings. The van der Waals surface area contributed by atoms with Crippen LogP contribution in [0.2, 0.25) is 0 Å². The first-order chi connectivity index (χ1) is 15.0. The summed E-state index contributed by atoms with van der Waals surface area (Å²) in [5.41, 5.74) is 3.55. The fourth-order valence-electron chi connectivity index (χ4n) is 3.43. The molecule has 0 radical (unpaired) electrons. The molecule has 31 heavy (non-hydrogen) atoms. The molecule has 154 valence electrons. The highest BCUT2D eigenvalue weighted by molar-refractivity contribution is 8.20. The molecule has 3 aromatic rings. The number of aryl methyl sites for hydroxylation is 1. The van der Waals surface area contributed by atoms with Gasteiger partial charge in [-0.2, -0.15) is 0 Å². The first kappa shape index (κ1) is 19.9. The summed E-state index contributed by atoms with van der Waals surface area (Å²) < 4.78 is 13.5. The number of hydrogen-bond donors (Lipinski definition) is 0. The third-order valence-corrected chi connectivity index (χ3v) is 7.45. The lowest BCUT2D eigenvalue weighted by Gasteiger charge is -2.16. The Kier molecular flexibility index (Phi) is 5.08. The second-order valence-corrected chi connectivity index (χ2v) is 9.22. The van der Waals surface area contributed by atoms with E-state index >= 15 is 0 Å². The monoisotopic (exact) mass is 447 g/mol. The van der Waals surface area contributed by atoms with Gasteiger partial charge in [0, 0.05) is 11.9 Å². The molecule has 2 heterocycles. The van der Waals surface area contributed by atoms with Crippen LogP contribution in [-0.2, 0) is 4.79 Å². The highest BCUT2D eigenvalue weighted by Crippen LogP contribution is 2.50. The van der Waals surface area contributed by atoms with Crippen molar-refractivity contribution in [2.75, 3.05) is 16.8 Å². The topological polar surface area (TPSA) is 35.9 Å². The minimum absolute atomic E-state index is 0.162. The highest BCUT2D eigenvalue weighted by atomic mass is 32.2. The van der Waals surface area contributed by atoms with E-state index in [1.165, 1.54) is 23.9 Å². The Morgan fingerprint density at radius 2 is 1.61 bits per heavy atom. The van der Waals surface area contributed by atoms with Crippen LogP contribution in [0, 0.1) is 12.7 Å². The molecule has 0 N–H and O–H groups in total. The maximum Gasteiger partial charge on any atom is 0.274 e. The predicted molar refractivity (Wildman–Crippen MR) is 127 cm³/mol. The lowest BCUT2D eigenvalue weighted by Crippen LogP contribution is -2.29. The first-order valence-corrected chi connectivity index (χ1v) is 11.3. The summed E-state index contributed by atoms with van der Waals surface area (Å²) in [6.45, 7) is 2.02. The van der Waals surface area contributed by atoms with Gasteiger partial charge >= 0.3 is 0 Å². The molecule has 1 amide bonds. The second kappa shape index (κ2) is 7.90. The van der Waals surface area contributed by atoms with Gasteiger partial charge in [0.1, 0.15) is 10.7 Å². The van der Waals surface area contributed by atoms with Crippen molar-refractivity contribution in [3.8, 4) is 0 Å². The number of anilines is 2. The fourth-order valence-corrected chi connectivity index (χ4v) is 5.77. The number of hydrogen-bond acceptors (Lipinski definition) is 5. The molecule has 2 aliphatic heterocycles. The number of halogens is 1. The van der Waals surface area contributed by atoms with E-state index in [0.717, 1.165) is 26.9 Å². The first-order valence-electron chi connectivity index (χ1n) is 9.69. The number of fused-ring (bicyclic) bond motifs is 1. The predicted octanol–water partition coefficient (Wildman–Crippen LogP) is 6.31. The second-order valence-electron chi connectivity index (χ2n) is 7.21. The van der Waals surface area contributed by atoms with Crippen LogP contribution in [0.5, 0.6) is 0 Å². The van der Waals surface area contributed by atoms with E-state index in [4.69, 9.17) is 4.99 Å². The van der Waals surface area contributed by atoms with Crippen molar-refractivity contribution in [3.05, 3.63) is 94.1 Å². The molecule has 0 spiro atoms. The SMILES string of the molecule is Cc1ccc(N=C2SC(=C3Sc4ccccc4N3C)C(=O)N2c2ccc(F)cc2)cc1. The van der Waals surface area contributed by atoms with E-state index in [-0.39, 0.29) is 11.7 Å². The van der Waals surface area contributed by atoms with Crippen LogP contribution in [-0.4, -0.2) is 18.1 Å². The third-order valence-electron chi connectivity index (χ3n) is 5.06. The molecule has 0 aromatic heterocycles. The van der Waals surface area contributed by atoms with Gasteiger partial charge in [-0.25, -0.2) is 9.38 Å². The zero-order valence-electron chi connectivity index (χ0n) is 16.9. The van der Waals surface area contributed by atoms with Gasteiger partial charge in [0.25, 0.3) is 5.91 Å². The summed E-state index contributed by atoms with van der Waals surface area (Å²) in [5, 5.41) is 1.42. The molecule has 4 nitrogen and oxygen atoms in total. The van der Waals surface area contributed by atoms with E-state index in [1.54, 1.807) is 28.8 Å². The smallest absolute Gasteiger partial charge is 0.274 e. The zero-order valence-corrected chi connectivity index (χ0v) is 18.5. The number of thioether (sulfide) groups is 2. The van der Waals surface area contributed by atoms with Gasteiger partial charge < -0.3 is 4.90 Å². The van der Waals surface area contributed by atoms with Crippen molar-refractivity contribution < 1.29 is 9.18 Å². The molecule has 5 rings (SSSR count). The molecular formula is C24H18FN3OS2. The number of carbonyl (C=O) groups is 1. The molecule has 0 aliphatic carbocycles. The number of benzene rings is 3. The maximum atomic E-state index is 13.6. The van der Waals surface area contributed by atoms with Crippen molar-refractivity contribution in [2.45, 2.75) is 11.8 Å². The average molecular weight is 448 g/mol. The minimum Gasteiger partial charge on any atom is -0.337 e. The number of amidine groups is 1. The zero-order chi connectivity index (χ0) is 21.5. The third kappa shape index (κ3) is 3.64. The van der Waals surface area contributed by atoms with E-state index in [0.29, 0.717) is 15.8 Å². The van der Waals surface area contributed by atoms with Crippen LogP contribution >= 0.6 is 23.5 Å². The number of aliphatic imine (C=N–C) groups is 1. The molecule has 0 atom stereocenters. The molecule has 1 saturated heterocycles. The van der Waals surface area contributed by atoms with E-state index < -0.39 is 0 Å². The number of para-hydroxylation sites is 1. The number of rotatable bonds is 2. The summed E-state index contributed by atoms with van der Waals surface area (Å²) in [4.78, 5) is 23.6. The van der Waals surface area contributed by atoms with Gasteiger partial charge in [-0.15, -0.1) is 0 Å². The van der Waals surface area contributed by atoms with Gasteiger partial charge in [0.05, 0.1) is 22.1 Å². The molecule has 2 aliphatic rings. The molecule has 7 heteroatoms. The summed E-state index contributed by atoms with van der Waals surface area (Å²) in [6.07, 6.45) is 0. The minimum atomic E-state index is -0.347. The van der Waals surface area contributed by atoms with Gasteiger partial charge in [-0.3, -0.25) is 9.69 Å². The molecule has 0 bridgehead atoms. The lowest BCUT2D eigenvalue weighted by atomic mass is 10.2. The van der Waals surface area contributed by atoms with Crippen LogP contribution in [0.25, 0.3) is 0 Å². The molecule has 0 unspecified atom stereocenters. The molecule has 0 saturated carbocycles. The summed E-state index contributed by atoms with van der Waals surface area (Å²) in [5.74, 6) is -0.509. The standard InChI is InChI=1S/C24H18FN3OS2/c1-15-7-11-17(12-8-15)26-24-28(18-13-9-16(25)10-14-18)22(29)21(31-24)23-27(2)19-5-3-4-6-20(19)30-23/h3-14H,1-2H3. The maximum absolute atomic E-state index is 13.6. The normalized spacial score (nSPS) is 19.5. The Labute approximate surface area is 188 Å². The van der Waals surface area contributed by atoms with Gasteiger partial charge in [-0.1, -0.05) is 41.6 Å². The van der Waals surface area contributed by atoms with Gasteiger partial charge in [0.15, 0.2) is 5.17 Å². The Morgan fingerprint density at radius 1 is 0.903 bits per heavy atom. The van der Waals surface area contributed by atoms with Gasteiger partial charge in [-0.05, 0) is 67.2 Å². The van der Waals surface area contributed by atoms with Crippen molar-refractivity contribution in [2.24, 2.45) is 4.99 Å². The van der Waals surface area contributed by atoms with Crippen LogP contribution in [0.15, 0.2) is 92.6 Å². The van der Waals surface area contributed by atoms with Crippen LogP contribution in [0.4, 0.5) is 21.5 Å². The number of carbonyl (C=O) groups excluding carboxylic acids is 1. The number of nitrogens with zero attached hydrogens (tertiary/aromatic N) is 3. The average Bonchev–Trinajstić information content (AvgIpc) is 3.27. The molecular weight excluding hydrogens is 429 g/mol. The fraction of sp³-hybridized carbons (Fsp3) is 0.0833. The molecule has 3 aromatic carbocycles. The van der Waals surface area contributed by atoms with Crippen LogP contribution < -0.4 is 9.80 Å². The summed E-state index contributed by atoms with van der Waals surface area (Å²) in [7, 11) is 1.96. The summed E-state index contributed by atoms with van der Waals surface area (Å²) >= 11 is 2.92. The quantitative estimate of drug-likeness (QED) is 0.431. The van der Waals surface area contributed by atoms with E-state index in [9.17, 15) is 9.18 Å². The highest BCUT2D eigenvalue weighted by Gasteiger charge is 2.40. The van der Waals surface area contributed by atoms with Crippen molar-refractivity contribution in [3.63, 3.8) is 0 Å². The van der Waals surface area contributed by atoms with E-state index in [2.05, 4.69) is 0 Å². The van der Waals surface area contributed by atoms with Crippen molar-refractivity contribution >= 4 is 51.7 Å². The van der Waals surface area contributed by atoms with E-state index in [1.807, 2.05) is 67.4 Å². The number of amides is 1. The van der Waals surface area contributed by atoms with Crippen LogP contribution in [0.1, 0.15) is 5.56 Å². The van der Waals surface area contributed by atoms with Crippen LogP contribution in [0.3, 0.4) is 0 Å². The summed E-state index contributed by atoms with van der Waals surface area (Å²) in [6, 6.07) is 21.8. The Bertz CT molecular complexity index is 1240. The Morgan fingerprint density at radius 3 is 2.32 bits per heavy atom.